The van der Waals surface area contributed by atoms with Crippen molar-refractivity contribution in [2.45, 2.75) is 19.9 Å². The highest BCUT2D eigenvalue weighted by Crippen LogP contribution is 2.24. The topological polar surface area (TPSA) is 38.0 Å². The minimum atomic E-state index is 0.653. The average molecular weight is 261 g/mol. The van der Waals surface area contributed by atoms with E-state index in [1.165, 1.54) is 11.1 Å². The third-order valence-corrected chi connectivity index (χ3v) is 3.22. The number of rotatable bonds is 4. The van der Waals surface area contributed by atoms with E-state index in [4.69, 9.17) is 17.3 Å². The van der Waals surface area contributed by atoms with Crippen molar-refractivity contribution >= 4 is 23.0 Å². The zero-order chi connectivity index (χ0) is 13.0. The van der Waals surface area contributed by atoms with Crippen LogP contribution in [0, 0.1) is 0 Å². The number of nitrogens with one attached hydrogen (secondary N) is 1. The maximum Gasteiger partial charge on any atom is 0.0658 e. The molecule has 0 radical (unpaired) electrons. The van der Waals surface area contributed by atoms with Gasteiger partial charge in [-0.15, -0.1) is 0 Å². The van der Waals surface area contributed by atoms with Gasteiger partial charge in [0.2, 0.25) is 0 Å². The molecule has 0 aliphatic heterocycles. The number of nitrogens with two attached hydrogens (primary N) is 1. The van der Waals surface area contributed by atoms with Gasteiger partial charge in [0.05, 0.1) is 10.7 Å². The molecule has 0 saturated heterocycles. The zero-order valence-electron chi connectivity index (χ0n) is 10.4. The predicted octanol–water partition coefficient (Wildman–Crippen LogP) is 4.10. The second kappa shape index (κ2) is 5.78. The second-order valence-electron chi connectivity index (χ2n) is 4.26. The summed E-state index contributed by atoms with van der Waals surface area (Å²) in [5, 5.41) is 3.96. The monoisotopic (exact) mass is 260 g/mol. The number of benzene rings is 2. The summed E-state index contributed by atoms with van der Waals surface area (Å²) in [5.74, 6) is 0. The largest absolute Gasteiger partial charge is 0.399 e. The first-order valence-electron chi connectivity index (χ1n) is 6.05. The van der Waals surface area contributed by atoms with Crippen LogP contribution in [-0.4, -0.2) is 0 Å². The number of hydrogen-bond donors (Lipinski definition) is 2. The fourth-order valence-corrected chi connectivity index (χ4v) is 2.02. The molecule has 0 atom stereocenters. The van der Waals surface area contributed by atoms with E-state index in [2.05, 4.69) is 36.5 Å². The van der Waals surface area contributed by atoms with Gasteiger partial charge in [-0.05, 0) is 35.7 Å². The van der Waals surface area contributed by atoms with Crippen molar-refractivity contribution in [2.75, 3.05) is 11.1 Å². The van der Waals surface area contributed by atoms with Gasteiger partial charge in [0.25, 0.3) is 0 Å². The van der Waals surface area contributed by atoms with Gasteiger partial charge in [-0.2, -0.15) is 0 Å². The molecule has 0 fully saturated rings. The summed E-state index contributed by atoms with van der Waals surface area (Å²) in [6.07, 6.45) is 1.07. The summed E-state index contributed by atoms with van der Waals surface area (Å²) in [4.78, 5) is 0. The molecule has 2 nitrogen and oxygen atoms in total. The molecule has 3 N–H and O–H groups in total. The van der Waals surface area contributed by atoms with Crippen molar-refractivity contribution in [1.29, 1.82) is 0 Å². The van der Waals surface area contributed by atoms with Crippen molar-refractivity contribution in [3.63, 3.8) is 0 Å². The molecule has 0 spiro atoms. The molecular weight excluding hydrogens is 244 g/mol. The van der Waals surface area contributed by atoms with Crippen LogP contribution < -0.4 is 11.1 Å². The Balaban J connectivity index is 2.02. The molecule has 0 saturated carbocycles. The zero-order valence-corrected chi connectivity index (χ0v) is 11.2. The van der Waals surface area contributed by atoms with E-state index >= 15 is 0 Å². The van der Waals surface area contributed by atoms with Gasteiger partial charge in [0.1, 0.15) is 0 Å². The Morgan fingerprint density at radius 1 is 1.06 bits per heavy atom. The van der Waals surface area contributed by atoms with Gasteiger partial charge in [-0.1, -0.05) is 42.8 Å². The Bertz CT molecular complexity index is 521. The molecule has 2 aromatic rings. The molecule has 0 aromatic heterocycles. The van der Waals surface area contributed by atoms with Crippen LogP contribution in [0.1, 0.15) is 18.1 Å². The molecule has 94 valence electrons. The Hall–Kier alpha value is -1.67. The second-order valence-corrected chi connectivity index (χ2v) is 4.67. The van der Waals surface area contributed by atoms with Crippen LogP contribution in [0.3, 0.4) is 0 Å². The Kier molecular flexibility index (Phi) is 4.11. The van der Waals surface area contributed by atoms with Crippen LogP contribution in [0.25, 0.3) is 0 Å². The maximum absolute atomic E-state index is 6.10. The molecule has 2 rings (SSSR count). The van der Waals surface area contributed by atoms with E-state index in [-0.39, 0.29) is 0 Å². The van der Waals surface area contributed by atoms with E-state index in [1.54, 1.807) is 6.07 Å². The lowest BCUT2D eigenvalue weighted by molar-refractivity contribution is 1.11. The summed E-state index contributed by atoms with van der Waals surface area (Å²) < 4.78 is 0. The van der Waals surface area contributed by atoms with E-state index in [1.807, 2.05) is 12.1 Å². The first-order valence-corrected chi connectivity index (χ1v) is 6.43. The normalized spacial score (nSPS) is 10.3. The number of halogens is 1. The number of anilines is 2. The molecular formula is C15H17ClN2. The molecule has 3 heteroatoms. The van der Waals surface area contributed by atoms with Gasteiger partial charge >= 0.3 is 0 Å². The van der Waals surface area contributed by atoms with Crippen molar-refractivity contribution in [3.05, 3.63) is 58.6 Å². The number of aryl methyl sites for hydroxylation is 1. The van der Waals surface area contributed by atoms with E-state index in [0.29, 0.717) is 10.7 Å². The Labute approximate surface area is 113 Å². The standard InChI is InChI=1S/C15H17ClN2/c1-2-11-3-5-12(6-4-11)10-18-15-8-7-13(17)9-14(15)16/h3-9,18H,2,10,17H2,1H3. The van der Waals surface area contributed by atoms with Crippen LogP contribution in [0.2, 0.25) is 5.02 Å². The fourth-order valence-electron chi connectivity index (χ4n) is 1.76. The Morgan fingerprint density at radius 3 is 2.33 bits per heavy atom. The minimum Gasteiger partial charge on any atom is -0.399 e. The minimum absolute atomic E-state index is 0.653. The van der Waals surface area contributed by atoms with Crippen LogP contribution in [0.5, 0.6) is 0 Å². The van der Waals surface area contributed by atoms with E-state index in [0.717, 1.165) is 18.7 Å². The highest BCUT2D eigenvalue weighted by atomic mass is 35.5. The highest BCUT2D eigenvalue weighted by Gasteiger charge is 2.00. The van der Waals surface area contributed by atoms with Gasteiger partial charge in [-0.3, -0.25) is 0 Å². The number of hydrogen-bond acceptors (Lipinski definition) is 2. The smallest absolute Gasteiger partial charge is 0.0658 e. The van der Waals surface area contributed by atoms with Crippen LogP contribution >= 0.6 is 11.6 Å². The lowest BCUT2D eigenvalue weighted by atomic mass is 10.1. The third kappa shape index (κ3) is 3.17. The van der Waals surface area contributed by atoms with Crippen molar-refractivity contribution < 1.29 is 0 Å². The van der Waals surface area contributed by atoms with Crippen LogP contribution in [0.15, 0.2) is 42.5 Å². The molecule has 0 amide bonds. The van der Waals surface area contributed by atoms with Crippen LogP contribution in [-0.2, 0) is 13.0 Å². The molecule has 0 aliphatic carbocycles. The summed E-state index contributed by atoms with van der Waals surface area (Å²) in [6.45, 7) is 2.91. The van der Waals surface area contributed by atoms with Gasteiger partial charge < -0.3 is 11.1 Å². The summed E-state index contributed by atoms with van der Waals surface area (Å²) in [6, 6.07) is 14.1. The van der Waals surface area contributed by atoms with Crippen molar-refractivity contribution in [2.24, 2.45) is 0 Å². The first-order chi connectivity index (χ1) is 8.69. The van der Waals surface area contributed by atoms with Crippen LogP contribution in [0.4, 0.5) is 11.4 Å². The maximum atomic E-state index is 6.10. The van der Waals surface area contributed by atoms with Gasteiger partial charge in [-0.25, -0.2) is 0 Å². The van der Waals surface area contributed by atoms with E-state index in [9.17, 15) is 0 Å². The van der Waals surface area contributed by atoms with Gasteiger partial charge in [0.15, 0.2) is 0 Å². The first kappa shape index (κ1) is 12.8. The number of nitrogen functional groups attached to an aromatic ring is 1. The summed E-state index contributed by atoms with van der Waals surface area (Å²) >= 11 is 6.10. The van der Waals surface area contributed by atoms with Gasteiger partial charge in [0, 0.05) is 12.2 Å². The Morgan fingerprint density at radius 2 is 1.72 bits per heavy atom. The SMILES string of the molecule is CCc1ccc(CNc2ccc(N)cc2Cl)cc1. The molecule has 18 heavy (non-hydrogen) atoms. The fraction of sp³-hybridized carbons (Fsp3) is 0.200. The molecule has 0 heterocycles. The molecule has 0 aliphatic rings. The average Bonchev–Trinajstić information content (AvgIpc) is 2.38. The highest BCUT2D eigenvalue weighted by molar-refractivity contribution is 6.33. The lowest BCUT2D eigenvalue weighted by Gasteiger charge is -2.09. The third-order valence-electron chi connectivity index (χ3n) is 2.91. The van der Waals surface area contributed by atoms with Crippen molar-refractivity contribution in [1.82, 2.24) is 0 Å². The molecule has 0 bridgehead atoms. The predicted molar refractivity (Wildman–Crippen MR) is 79.0 cm³/mol. The lowest BCUT2D eigenvalue weighted by Crippen LogP contribution is -2.00. The molecule has 0 unspecified atom stereocenters. The quantitative estimate of drug-likeness (QED) is 0.813. The summed E-state index contributed by atoms with van der Waals surface area (Å²) in [7, 11) is 0. The van der Waals surface area contributed by atoms with Crippen molar-refractivity contribution in [3.8, 4) is 0 Å². The molecule has 2 aromatic carbocycles. The van der Waals surface area contributed by atoms with E-state index < -0.39 is 0 Å². The summed E-state index contributed by atoms with van der Waals surface area (Å²) in [5.41, 5.74) is 9.83.